The summed E-state index contributed by atoms with van der Waals surface area (Å²) < 4.78 is 2.18. The van der Waals surface area contributed by atoms with Gasteiger partial charge in [-0.05, 0) is 49.9 Å². The second-order valence-corrected chi connectivity index (χ2v) is 7.46. The summed E-state index contributed by atoms with van der Waals surface area (Å²) in [4.78, 5) is 17.0. The van der Waals surface area contributed by atoms with Crippen LogP contribution in [0, 0.1) is 5.92 Å². The van der Waals surface area contributed by atoms with E-state index >= 15 is 0 Å². The quantitative estimate of drug-likeness (QED) is 0.717. The second-order valence-electron chi connectivity index (χ2n) is 7.46. The van der Waals surface area contributed by atoms with Gasteiger partial charge in [0.1, 0.15) is 5.82 Å². The Morgan fingerprint density at radius 2 is 2.23 bits per heavy atom. The van der Waals surface area contributed by atoms with Crippen LogP contribution in [0.15, 0.2) is 36.7 Å². The molecule has 0 radical (unpaired) electrons. The lowest BCUT2D eigenvalue weighted by molar-refractivity contribution is 0.0951. The highest BCUT2D eigenvalue weighted by molar-refractivity contribution is 5.95. The second kappa shape index (κ2) is 8.99. The minimum atomic E-state index is 0.0428. The van der Waals surface area contributed by atoms with Crippen molar-refractivity contribution in [2.75, 3.05) is 19.6 Å². The Balaban J connectivity index is 1.51. The average Bonchev–Trinajstić information content (AvgIpc) is 3.30. The van der Waals surface area contributed by atoms with E-state index in [0.717, 1.165) is 49.4 Å². The van der Waals surface area contributed by atoms with E-state index in [2.05, 4.69) is 40.1 Å². The van der Waals surface area contributed by atoms with Gasteiger partial charge in [-0.2, -0.15) is 0 Å². The standard InChI is InChI=1S/C21H30N4O/c1-16(2)20-23-11-13-25(20)12-5-9-24-21(26)19-7-4-3-6-18(19)14-17-8-10-22-15-17/h3-4,6-7,11,13,16-17,22H,5,8-10,12,14-15H2,1-2H3,(H,24,26). The zero-order valence-electron chi connectivity index (χ0n) is 15.9. The molecule has 0 saturated carbocycles. The summed E-state index contributed by atoms with van der Waals surface area (Å²) in [5.74, 6) is 2.20. The largest absolute Gasteiger partial charge is 0.352 e. The Kier molecular flexibility index (Phi) is 6.45. The number of hydrogen-bond acceptors (Lipinski definition) is 3. The zero-order valence-corrected chi connectivity index (χ0v) is 15.9. The first kappa shape index (κ1) is 18.6. The van der Waals surface area contributed by atoms with Crippen molar-refractivity contribution in [2.45, 2.75) is 45.6 Å². The molecule has 1 aliphatic heterocycles. The number of nitrogens with zero attached hydrogens (tertiary/aromatic N) is 2. The molecule has 5 heteroatoms. The number of carbonyl (C=O) groups excluding carboxylic acids is 1. The van der Waals surface area contributed by atoms with E-state index in [1.807, 2.05) is 30.6 Å². The highest BCUT2D eigenvalue weighted by atomic mass is 16.1. The molecule has 1 saturated heterocycles. The third-order valence-corrected chi connectivity index (χ3v) is 5.06. The van der Waals surface area contributed by atoms with Gasteiger partial charge in [0, 0.05) is 37.0 Å². The molecule has 1 aliphatic rings. The summed E-state index contributed by atoms with van der Waals surface area (Å²) in [7, 11) is 0. The lowest BCUT2D eigenvalue weighted by atomic mass is 9.94. The van der Waals surface area contributed by atoms with Crippen molar-refractivity contribution in [2.24, 2.45) is 5.92 Å². The van der Waals surface area contributed by atoms with E-state index in [-0.39, 0.29) is 5.91 Å². The maximum Gasteiger partial charge on any atom is 0.251 e. The monoisotopic (exact) mass is 354 g/mol. The molecular formula is C21H30N4O. The fourth-order valence-electron chi connectivity index (χ4n) is 3.68. The van der Waals surface area contributed by atoms with Crippen LogP contribution in [0.4, 0.5) is 0 Å². The van der Waals surface area contributed by atoms with Crippen LogP contribution in [0.5, 0.6) is 0 Å². The highest BCUT2D eigenvalue weighted by Crippen LogP contribution is 2.18. The number of hydrogen-bond donors (Lipinski definition) is 2. The number of nitrogens with one attached hydrogen (secondary N) is 2. The predicted octanol–water partition coefficient (Wildman–Crippen LogP) is 2.98. The predicted molar refractivity (Wildman–Crippen MR) is 104 cm³/mol. The van der Waals surface area contributed by atoms with Crippen LogP contribution < -0.4 is 10.6 Å². The fraction of sp³-hybridized carbons (Fsp3) is 0.524. The van der Waals surface area contributed by atoms with Crippen LogP contribution in [0.25, 0.3) is 0 Å². The Morgan fingerprint density at radius 1 is 1.38 bits per heavy atom. The van der Waals surface area contributed by atoms with Crippen molar-refractivity contribution < 1.29 is 4.79 Å². The number of aryl methyl sites for hydroxylation is 1. The van der Waals surface area contributed by atoms with Gasteiger partial charge in [0.15, 0.2) is 0 Å². The van der Waals surface area contributed by atoms with E-state index in [9.17, 15) is 4.79 Å². The van der Waals surface area contributed by atoms with Gasteiger partial charge in [-0.3, -0.25) is 4.79 Å². The molecule has 1 unspecified atom stereocenters. The Bertz CT molecular complexity index is 716. The Labute approximate surface area is 156 Å². The number of carbonyl (C=O) groups is 1. The number of aromatic nitrogens is 2. The maximum absolute atomic E-state index is 12.6. The molecule has 2 N–H and O–H groups in total. The smallest absolute Gasteiger partial charge is 0.251 e. The molecule has 2 aromatic rings. The molecule has 1 aromatic carbocycles. The summed E-state index contributed by atoms with van der Waals surface area (Å²) in [5, 5.41) is 6.49. The molecule has 0 aliphatic carbocycles. The molecule has 0 bridgehead atoms. The molecule has 140 valence electrons. The van der Waals surface area contributed by atoms with Gasteiger partial charge in [-0.15, -0.1) is 0 Å². The topological polar surface area (TPSA) is 59.0 Å². The van der Waals surface area contributed by atoms with Crippen molar-refractivity contribution in [1.82, 2.24) is 20.2 Å². The fourth-order valence-corrected chi connectivity index (χ4v) is 3.68. The minimum Gasteiger partial charge on any atom is -0.352 e. The number of amides is 1. The summed E-state index contributed by atoms with van der Waals surface area (Å²) >= 11 is 0. The van der Waals surface area contributed by atoms with Crippen LogP contribution in [0.2, 0.25) is 0 Å². The van der Waals surface area contributed by atoms with Crippen LogP contribution >= 0.6 is 0 Å². The average molecular weight is 354 g/mol. The van der Waals surface area contributed by atoms with Crippen molar-refractivity contribution in [3.05, 3.63) is 53.6 Å². The van der Waals surface area contributed by atoms with Gasteiger partial charge in [0.05, 0.1) is 0 Å². The molecular weight excluding hydrogens is 324 g/mol. The molecule has 5 nitrogen and oxygen atoms in total. The van der Waals surface area contributed by atoms with Crippen molar-refractivity contribution in [3.63, 3.8) is 0 Å². The van der Waals surface area contributed by atoms with E-state index < -0.39 is 0 Å². The summed E-state index contributed by atoms with van der Waals surface area (Å²) in [6.07, 6.45) is 6.93. The molecule has 1 fully saturated rings. The summed E-state index contributed by atoms with van der Waals surface area (Å²) in [6.45, 7) is 8.00. The summed E-state index contributed by atoms with van der Waals surface area (Å²) in [6, 6.07) is 8.01. The van der Waals surface area contributed by atoms with Gasteiger partial charge in [-0.1, -0.05) is 32.0 Å². The molecule has 0 spiro atoms. The lowest BCUT2D eigenvalue weighted by Gasteiger charge is -2.14. The third kappa shape index (κ3) is 4.73. The summed E-state index contributed by atoms with van der Waals surface area (Å²) in [5.41, 5.74) is 1.99. The Hall–Kier alpha value is -2.14. The van der Waals surface area contributed by atoms with E-state index in [1.165, 1.54) is 6.42 Å². The van der Waals surface area contributed by atoms with Gasteiger partial charge >= 0.3 is 0 Å². The van der Waals surface area contributed by atoms with Gasteiger partial charge in [0.2, 0.25) is 0 Å². The van der Waals surface area contributed by atoms with Gasteiger partial charge < -0.3 is 15.2 Å². The Morgan fingerprint density at radius 3 is 3.00 bits per heavy atom. The molecule has 26 heavy (non-hydrogen) atoms. The molecule has 1 aromatic heterocycles. The van der Waals surface area contributed by atoms with Crippen LogP contribution in [0.3, 0.4) is 0 Å². The molecule has 2 heterocycles. The van der Waals surface area contributed by atoms with Crippen molar-refractivity contribution in [3.8, 4) is 0 Å². The third-order valence-electron chi connectivity index (χ3n) is 5.06. The van der Waals surface area contributed by atoms with Gasteiger partial charge in [-0.25, -0.2) is 4.98 Å². The van der Waals surface area contributed by atoms with Crippen LogP contribution in [-0.4, -0.2) is 35.1 Å². The highest BCUT2D eigenvalue weighted by Gasteiger charge is 2.18. The molecule has 1 atom stereocenters. The van der Waals surface area contributed by atoms with Gasteiger partial charge in [0.25, 0.3) is 5.91 Å². The SMILES string of the molecule is CC(C)c1nccn1CCCNC(=O)c1ccccc1CC1CCNC1. The molecule has 3 rings (SSSR count). The molecule has 1 amide bonds. The number of imidazole rings is 1. The first-order valence-corrected chi connectivity index (χ1v) is 9.73. The first-order valence-electron chi connectivity index (χ1n) is 9.73. The normalized spacial score (nSPS) is 17.0. The van der Waals surface area contributed by atoms with Crippen LogP contribution in [0.1, 0.15) is 54.4 Å². The van der Waals surface area contributed by atoms with Crippen molar-refractivity contribution >= 4 is 5.91 Å². The maximum atomic E-state index is 12.6. The van der Waals surface area contributed by atoms with Crippen LogP contribution in [-0.2, 0) is 13.0 Å². The van der Waals surface area contributed by atoms with E-state index in [0.29, 0.717) is 18.4 Å². The van der Waals surface area contributed by atoms with Crippen molar-refractivity contribution in [1.29, 1.82) is 0 Å². The minimum absolute atomic E-state index is 0.0428. The first-order chi connectivity index (χ1) is 12.6. The number of benzene rings is 1. The lowest BCUT2D eigenvalue weighted by Crippen LogP contribution is -2.27. The van der Waals surface area contributed by atoms with E-state index in [4.69, 9.17) is 0 Å². The van der Waals surface area contributed by atoms with E-state index in [1.54, 1.807) is 0 Å². The number of rotatable bonds is 8. The zero-order chi connectivity index (χ0) is 18.4.